The molecule has 116 valence electrons. The van der Waals surface area contributed by atoms with Gasteiger partial charge in [0.05, 0.1) is 17.7 Å². The van der Waals surface area contributed by atoms with Crippen LogP contribution >= 0.6 is 11.6 Å². The molecule has 0 radical (unpaired) electrons. The fourth-order valence-electron chi connectivity index (χ4n) is 2.49. The Labute approximate surface area is 130 Å². The van der Waals surface area contributed by atoms with E-state index in [1.807, 2.05) is 27.7 Å². The summed E-state index contributed by atoms with van der Waals surface area (Å²) in [6.07, 6.45) is 1.41. The molecule has 2 rings (SSSR count). The quantitative estimate of drug-likeness (QED) is 0.805. The number of halogens is 1. The maximum atomic E-state index is 12.4. The van der Waals surface area contributed by atoms with Crippen molar-refractivity contribution in [3.63, 3.8) is 0 Å². The van der Waals surface area contributed by atoms with Crippen LogP contribution in [-0.2, 0) is 4.74 Å². The average molecular weight is 313 g/mol. The third kappa shape index (κ3) is 3.63. The summed E-state index contributed by atoms with van der Waals surface area (Å²) in [5.41, 5.74) is -0.279. The summed E-state index contributed by atoms with van der Waals surface area (Å²) in [5, 5.41) is 0.123. The number of likely N-dealkylation sites (N-methyl/N-ethyl adjacent to an activating group) is 1. The van der Waals surface area contributed by atoms with Gasteiger partial charge >= 0.3 is 6.03 Å². The van der Waals surface area contributed by atoms with Crippen molar-refractivity contribution in [3.8, 4) is 0 Å². The molecule has 0 bridgehead atoms. The highest BCUT2D eigenvalue weighted by molar-refractivity contribution is 6.28. The van der Waals surface area contributed by atoms with Crippen molar-refractivity contribution in [2.45, 2.75) is 45.4 Å². The molecule has 1 unspecified atom stereocenters. The number of carbonyl (C=O) groups excluding carboxylic acids is 1. The highest BCUT2D eigenvalue weighted by Gasteiger charge is 2.41. The van der Waals surface area contributed by atoms with Crippen LogP contribution in [-0.4, -0.2) is 52.2 Å². The summed E-state index contributed by atoms with van der Waals surface area (Å²) in [6, 6.07) is 1.45. The Morgan fingerprint density at radius 1 is 1.48 bits per heavy atom. The van der Waals surface area contributed by atoms with Gasteiger partial charge in [-0.05, 0) is 45.4 Å². The van der Waals surface area contributed by atoms with Crippen LogP contribution in [0.15, 0.2) is 12.3 Å². The molecule has 0 spiro atoms. The number of carbonyl (C=O) groups is 1. The zero-order valence-electron chi connectivity index (χ0n) is 13.0. The Kier molecular flexibility index (Phi) is 4.39. The van der Waals surface area contributed by atoms with Crippen LogP contribution in [0.4, 0.5) is 10.6 Å². The molecule has 6 nitrogen and oxygen atoms in total. The second kappa shape index (κ2) is 5.77. The summed E-state index contributed by atoms with van der Waals surface area (Å²) in [7, 11) is 1.77. The van der Waals surface area contributed by atoms with Crippen molar-refractivity contribution < 1.29 is 9.53 Å². The van der Waals surface area contributed by atoms with Crippen LogP contribution < -0.4 is 4.90 Å². The zero-order chi connectivity index (χ0) is 15.8. The summed E-state index contributed by atoms with van der Waals surface area (Å²) in [4.78, 5) is 23.7. The molecule has 2 atom stereocenters. The molecule has 0 saturated carbocycles. The molecule has 0 aromatic carbocycles. The third-order valence-corrected chi connectivity index (χ3v) is 3.45. The molecule has 1 aromatic rings. The minimum Gasteiger partial charge on any atom is -0.371 e. The van der Waals surface area contributed by atoms with E-state index in [0.717, 1.165) is 0 Å². The zero-order valence-corrected chi connectivity index (χ0v) is 13.8. The molecule has 2 amide bonds. The molecule has 7 heteroatoms. The summed E-state index contributed by atoms with van der Waals surface area (Å²) < 4.78 is 6.00. The number of amides is 2. The van der Waals surface area contributed by atoms with Crippen molar-refractivity contribution in [1.29, 1.82) is 0 Å². The minimum atomic E-state index is -0.279. The van der Waals surface area contributed by atoms with Crippen molar-refractivity contribution in [2.75, 3.05) is 18.5 Å². The molecule has 0 N–H and O–H groups in total. The van der Waals surface area contributed by atoms with Gasteiger partial charge in [0.1, 0.15) is 5.82 Å². The first-order chi connectivity index (χ1) is 9.69. The molecular weight excluding hydrogens is 292 g/mol. The first kappa shape index (κ1) is 16.0. The first-order valence-corrected chi connectivity index (χ1v) is 7.27. The lowest BCUT2D eigenvalue weighted by Gasteiger charge is -2.32. The molecule has 1 saturated heterocycles. The number of aromatic nitrogens is 2. The van der Waals surface area contributed by atoms with Crippen LogP contribution in [0.25, 0.3) is 0 Å². The lowest BCUT2D eigenvalue weighted by atomic mass is 10.1. The van der Waals surface area contributed by atoms with Crippen LogP contribution in [0.1, 0.15) is 27.7 Å². The smallest absolute Gasteiger partial charge is 0.325 e. The van der Waals surface area contributed by atoms with Crippen LogP contribution in [0.3, 0.4) is 0 Å². The monoisotopic (exact) mass is 312 g/mol. The molecule has 0 aliphatic carbocycles. The number of nitrogens with zero attached hydrogens (tertiary/aromatic N) is 4. The van der Waals surface area contributed by atoms with E-state index < -0.39 is 0 Å². The first-order valence-electron chi connectivity index (χ1n) is 6.90. The Hall–Kier alpha value is -1.40. The van der Waals surface area contributed by atoms with Crippen molar-refractivity contribution in [1.82, 2.24) is 14.9 Å². The topological polar surface area (TPSA) is 58.6 Å². The van der Waals surface area contributed by atoms with Gasteiger partial charge in [0.25, 0.3) is 0 Å². The normalized spacial score (nSPS) is 21.0. The van der Waals surface area contributed by atoms with Crippen LogP contribution in [0, 0.1) is 0 Å². The number of anilines is 1. The summed E-state index contributed by atoms with van der Waals surface area (Å²) in [5.74, 6) is 0.499. The van der Waals surface area contributed by atoms with Crippen LogP contribution in [0.2, 0.25) is 5.28 Å². The van der Waals surface area contributed by atoms with Gasteiger partial charge < -0.3 is 9.64 Å². The molecule has 1 aliphatic rings. The largest absolute Gasteiger partial charge is 0.371 e. The summed E-state index contributed by atoms with van der Waals surface area (Å²) >= 11 is 5.84. The lowest BCUT2D eigenvalue weighted by Crippen LogP contribution is -2.45. The van der Waals surface area contributed by atoms with Gasteiger partial charge in [-0.1, -0.05) is 0 Å². The Bertz CT molecular complexity index is 532. The van der Waals surface area contributed by atoms with Crippen molar-refractivity contribution in [3.05, 3.63) is 17.5 Å². The average Bonchev–Trinajstić information content (AvgIpc) is 2.64. The van der Waals surface area contributed by atoms with E-state index in [4.69, 9.17) is 16.3 Å². The van der Waals surface area contributed by atoms with E-state index in [1.54, 1.807) is 29.1 Å². The van der Waals surface area contributed by atoms with Gasteiger partial charge in [-0.2, -0.15) is 0 Å². The number of urea groups is 1. The van der Waals surface area contributed by atoms with E-state index in [-0.39, 0.29) is 29.1 Å². The van der Waals surface area contributed by atoms with E-state index >= 15 is 0 Å². The highest BCUT2D eigenvalue weighted by atomic mass is 35.5. The Morgan fingerprint density at radius 2 is 2.14 bits per heavy atom. The van der Waals surface area contributed by atoms with E-state index in [1.165, 1.54) is 0 Å². The predicted octanol–water partition coefficient (Wildman–Crippen LogP) is 2.57. The SMILES string of the molecule is CC(OC(C)(C)C)[C@H]1CN(C)C(=O)N1c1ccnc(Cl)n1. The number of rotatable bonds is 3. The third-order valence-electron chi connectivity index (χ3n) is 3.26. The van der Waals surface area contributed by atoms with Crippen LogP contribution in [0.5, 0.6) is 0 Å². The molecule has 1 aromatic heterocycles. The fraction of sp³-hybridized carbons (Fsp3) is 0.643. The number of ether oxygens (including phenoxy) is 1. The van der Waals surface area contributed by atoms with Gasteiger partial charge in [0.2, 0.25) is 5.28 Å². The summed E-state index contributed by atoms with van der Waals surface area (Å²) in [6.45, 7) is 8.54. The van der Waals surface area contributed by atoms with E-state index in [9.17, 15) is 4.79 Å². The molecular formula is C14H21ClN4O2. The highest BCUT2D eigenvalue weighted by Crippen LogP contribution is 2.27. The number of hydrogen-bond acceptors (Lipinski definition) is 4. The lowest BCUT2D eigenvalue weighted by molar-refractivity contribution is -0.0599. The van der Waals surface area contributed by atoms with Crippen molar-refractivity contribution in [2.24, 2.45) is 0 Å². The number of hydrogen-bond donors (Lipinski definition) is 0. The second-order valence-electron chi connectivity index (χ2n) is 6.22. The van der Waals surface area contributed by atoms with Gasteiger partial charge in [0.15, 0.2) is 0 Å². The molecule has 1 aliphatic heterocycles. The van der Waals surface area contributed by atoms with Gasteiger partial charge in [0, 0.05) is 19.8 Å². The fourth-order valence-corrected chi connectivity index (χ4v) is 2.63. The van der Waals surface area contributed by atoms with Gasteiger partial charge in [-0.25, -0.2) is 14.8 Å². The van der Waals surface area contributed by atoms with E-state index in [2.05, 4.69) is 9.97 Å². The van der Waals surface area contributed by atoms with Gasteiger partial charge in [-0.15, -0.1) is 0 Å². The standard InChI is InChI=1S/C14H21ClN4O2/c1-9(21-14(2,3)4)10-8-18(5)13(20)19(10)11-6-7-16-12(15)17-11/h6-7,9-10H,8H2,1-5H3/t9?,10-/m1/s1. The van der Waals surface area contributed by atoms with Gasteiger partial charge in [-0.3, -0.25) is 4.90 Å². The molecule has 1 fully saturated rings. The maximum Gasteiger partial charge on any atom is 0.325 e. The van der Waals surface area contributed by atoms with Crippen molar-refractivity contribution >= 4 is 23.4 Å². The predicted molar refractivity (Wildman–Crippen MR) is 81.6 cm³/mol. The Morgan fingerprint density at radius 3 is 2.71 bits per heavy atom. The molecule has 2 heterocycles. The van der Waals surface area contributed by atoms with E-state index in [0.29, 0.717) is 12.4 Å². The second-order valence-corrected chi connectivity index (χ2v) is 6.56. The minimum absolute atomic E-state index is 0.112. The Balaban J connectivity index is 2.29. The maximum absolute atomic E-state index is 12.4. The molecule has 21 heavy (non-hydrogen) atoms.